The van der Waals surface area contributed by atoms with Gasteiger partial charge in [-0.05, 0) is 72.4 Å². The summed E-state index contributed by atoms with van der Waals surface area (Å²) in [6.45, 7) is 0. The molecule has 34 heavy (non-hydrogen) atoms. The van der Waals surface area contributed by atoms with E-state index in [9.17, 15) is 31.1 Å². The van der Waals surface area contributed by atoms with Crippen molar-refractivity contribution in [1.82, 2.24) is 0 Å². The lowest BCUT2D eigenvalue weighted by molar-refractivity contribution is -0.137. The fraction of sp³-hybridized carbons (Fsp3) is 0.200. The summed E-state index contributed by atoms with van der Waals surface area (Å²) < 4.78 is 80.8. The highest BCUT2D eigenvalue weighted by Gasteiger charge is 2.60. The number of amides is 1. The third-order valence-corrected chi connectivity index (χ3v) is 5.95. The van der Waals surface area contributed by atoms with Crippen molar-refractivity contribution in [2.75, 3.05) is 5.32 Å². The summed E-state index contributed by atoms with van der Waals surface area (Å²) in [4.78, 5) is 13.3. The van der Waals surface area contributed by atoms with Crippen LogP contribution in [0.3, 0.4) is 0 Å². The second-order valence-electron chi connectivity index (χ2n) is 8.24. The van der Waals surface area contributed by atoms with E-state index >= 15 is 0 Å². The predicted octanol–water partition coefficient (Wildman–Crippen LogP) is 6.35. The highest BCUT2D eigenvalue weighted by molar-refractivity contribution is 5.99. The van der Waals surface area contributed by atoms with Gasteiger partial charge < -0.3 is 5.32 Å². The molecule has 4 rings (SSSR count). The summed E-state index contributed by atoms with van der Waals surface area (Å²) in [5.74, 6) is -3.23. The highest BCUT2D eigenvalue weighted by atomic mass is 19.4. The number of carbonyl (C=O) groups is 1. The number of nitrogens with zero attached hydrogens (tertiary/aromatic N) is 1. The molecule has 174 valence electrons. The van der Waals surface area contributed by atoms with Crippen molar-refractivity contribution in [3.63, 3.8) is 0 Å². The van der Waals surface area contributed by atoms with E-state index in [4.69, 9.17) is 5.26 Å². The number of hydrogen-bond donors (Lipinski definition) is 1. The SMILES string of the molecule is N#Cc1ccc(NC(=O)C2(Cc3cc(F)cc(F)c3)CC2c2ccc(F)cc2)cc1C(F)(F)F. The number of hydrogen-bond acceptors (Lipinski definition) is 2. The molecule has 1 fully saturated rings. The van der Waals surface area contributed by atoms with Crippen LogP contribution >= 0.6 is 0 Å². The number of rotatable bonds is 5. The zero-order chi connectivity index (χ0) is 24.7. The van der Waals surface area contributed by atoms with Crippen LogP contribution in [0.4, 0.5) is 32.0 Å². The van der Waals surface area contributed by atoms with Gasteiger partial charge in [0.25, 0.3) is 0 Å². The molecule has 3 aromatic rings. The van der Waals surface area contributed by atoms with Crippen molar-refractivity contribution in [2.24, 2.45) is 5.41 Å². The number of nitriles is 1. The quantitative estimate of drug-likeness (QED) is 0.438. The predicted molar refractivity (Wildman–Crippen MR) is 111 cm³/mol. The minimum atomic E-state index is -4.81. The summed E-state index contributed by atoms with van der Waals surface area (Å²) in [6.07, 6.45) is -4.65. The minimum absolute atomic E-state index is 0.0854. The molecular formula is C25H16F6N2O. The normalized spacial score (nSPS) is 19.4. The van der Waals surface area contributed by atoms with Crippen LogP contribution in [0.2, 0.25) is 0 Å². The summed E-state index contributed by atoms with van der Waals surface area (Å²) in [5, 5.41) is 11.4. The van der Waals surface area contributed by atoms with Gasteiger partial charge >= 0.3 is 6.18 Å². The summed E-state index contributed by atoms with van der Waals surface area (Å²) in [6, 6.07) is 12.5. The molecule has 0 aromatic heterocycles. The Bertz CT molecular complexity index is 1280. The Morgan fingerprint density at radius 3 is 2.21 bits per heavy atom. The summed E-state index contributed by atoms with van der Waals surface area (Å²) >= 11 is 0. The molecular weight excluding hydrogens is 458 g/mol. The maximum Gasteiger partial charge on any atom is 0.417 e. The van der Waals surface area contributed by atoms with Gasteiger partial charge in [0.2, 0.25) is 5.91 Å². The lowest BCUT2D eigenvalue weighted by Crippen LogP contribution is -2.28. The van der Waals surface area contributed by atoms with E-state index < -0.39 is 52.0 Å². The molecule has 0 spiro atoms. The molecule has 1 aliphatic carbocycles. The Balaban J connectivity index is 1.68. The number of anilines is 1. The molecule has 0 radical (unpaired) electrons. The average molecular weight is 474 g/mol. The van der Waals surface area contributed by atoms with E-state index in [1.165, 1.54) is 36.4 Å². The van der Waals surface area contributed by atoms with Gasteiger partial charge in [-0.15, -0.1) is 0 Å². The number of benzene rings is 3. The zero-order valence-corrected chi connectivity index (χ0v) is 17.4. The maximum absolute atomic E-state index is 13.7. The second-order valence-corrected chi connectivity index (χ2v) is 8.24. The van der Waals surface area contributed by atoms with Crippen LogP contribution in [-0.4, -0.2) is 5.91 Å². The van der Waals surface area contributed by atoms with Crippen molar-refractivity contribution in [2.45, 2.75) is 24.9 Å². The van der Waals surface area contributed by atoms with Gasteiger partial charge in [-0.2, -0.15) is 18.4 Å². The van der Waals surface area contributed by atoms with Gasteiger partial charge in [0.1, 0.15) is 17.5 Å². The smallest absolute Gasteiger partial charge is 0.326 e. The van der Waals surface area contributed by atoms with Gasteiger partial charge in [0.15, 0.2) is 0 Å². The number of halogens is 6. The number of nitrogens with one attached hydrogen (secondary N) is 1. The van der Waals surface area contributed by atoms with Crippen LogP contribution in [0.5, 0.6) is 0 Å². The van der Waals surface area contributed by atoms with Crippen molar-refractivity contribution in [1.29, 1.82) is 5.26 Å². The largest absolute Gasteiger partial charge is 0.417 e. The van der Waals surface area contributed by atoms with E-state index in [1.54, 1.807) is 0 Å². The van der Waals surface area contributed by atoms with Crippen LogP contribution in [0.25, 0.3) is 0 Å². The Hall–Kier alpha value is -3.80. The molecule has 2 unspecified atom stereocenters. The Morgan fingerprint density at radius 1 is 0.971 bits per heavy atom. The molecule has 3 nitrogen and oxygen atoms in total. The van der Waals surface area contributed by atoms with Crippen molar-refractivity contribution in [3.8, 4) is 6.07 Å². The lowest BCUT2D eigenvalue weighted by atomic mass is 9.90. The lowest BCUT2D eigenvalue weighted by Gasteiger charge is -2.19. The standard InChI is InChI=1S/C25H16F6N2O/c26-17-4-1-15(2-5-17)22-12-24(22,11-14-7-18(27)9-19(28)8-14)23(34)33-20-6-3-16(13-32)21(10-20)25(29,30)31/h1-10,22H,11-12H2,(H,33,34). The molecule has 2 atom stereocenters. The van der Waals surface area contributed by atoms with E-state index in [0.29, 0.717) is 17.7 Å². The Kier molecular flexibility index (Phi) is 5.86. The van der Waals surface area contributed by atoms with Crippen molar-refractivity contribution in [3.05, 3.63) is 100 Å². The van der Waals surface area contributed by atoms with Crippen molar-refractivity contribution < 1.29 is 31.1 Å². The van der Waals surface area contributed by atoms with E-state index in [2.05, 4.69) is 5.32 Å². The van der Waals surface area contributed by atoms with Gasteiger partial charge in [0.05, 0.1) is 22.6 Å². The van der Waals surface area contributed by atoms with Gasteiger partial charge in [-0.1, -0.05) is 12.1 Å². The molecule has 3 aromatic carbocycles. The Labute approximate surface area is 190 Å². The molecule has 9 heteroatoms. The minimum Gasteiger partial charge on any atom is -0.326 e. The van der Waals surface area contributed by atoms with E-state index in [-0.39, 0.29) is 24.1 Å². The molecule has 0 heterocycles. The second kappa shape index (κ2) is 8.52. The molecule has 1 aliphatic rings. The first-order chi connectivity index (χ1) is 16.0. The number of alkyl halides is 3. The number of carbonyl (C=O) groups excluding carboxylic acids is 1. The van der Waals surface area contributed by atoms with Crippen LogP contribution < -0.4 is 5.32 Å². The van der Waals surface area contributed by atoms with Crippen LogP contribution in [0.1, 0.15) is 34.6 Å². The van der Waals surface area contributed by atoms with Crippen molar-refractivity contribution >= 4 is 11.6 Å². The molecule has 0 bridgehead atoms. The zero-order valence-electron chi connectivity index (χ0n) is 17.4. The first kappa shape index (κ1) is 23.4. The molecule has 0 saturated heterocycles. The van der Waals surface area contributed by atoms with E-state index in [0.717, 1.165) is 18.2 Å². The van der Waals surface area contributed by atoms with E-state index in [1.807, 2.05) is 0 Å². The average Bonchev–Trinajstić information content (AvgIpc) is 3.48. The summed E-state index contributed by atoms with van der Waals surface area (Å²) in [5.41, 5.74) is -2.36. The van der Waals surface area contributed by atoms with Gasteiger partial charge in [-0.3, -0.25) is 4.79 Å². The molecule has 0 aliphatic heterocycles. The molecule has 1 amide bonds. The van der Waals surface area contributed by atoms with Crippen LogP contribution in [0.15, 0.2) is 60.7 Å². The third-order valence-electron chi connectivity index (χ3n) is 5.95. The first-order valence-corrected chi connectivity index (χ1v) is 10.1. The monoisotopic (exact) mass is 474 g/mol. The molecule has 1 N–H and O–H groups in total. The highest BCUT2D eigenvalue weighted by Crippen LogP contribution is 2.61. The molecule has 1 saturated carbocycles. The fourth-order valence-electron chi connectivity index (χ4n) is 4.25. The third kappa shape index (κ3) is 4.62. The van der Waals surface area contributed by atoms with Gasteiger partial charge in [-0.25, -0.2) is 13.2 Å². The summed E-state index contributed by atoms with van der Waals surface area (Å²) in [7, 11) is 0. The maximum atomic E-state index is 13.7. The topological polar surface area (TPSA) is 52.9 Å². The van der Waals surface area contributed by atoms with Crippen LogP contribution in [0, 0.1) is 34.2 Å². The van der Waals surface area contributed by atoms with Crippen LogP contribution in [-0.2, 0) is 17.4 Å². The fourth-order valence-corrected chi connectivity index (χ4v) is 4.25. The first-order valence-electron chi connectivity index (χ1n) is 10.1. The van der Waals surface area contributed by atoms with Gasteiger partial charge in [0, 0.05) is 11.8 Å². The Morgan fingerprint density at radius 2 is 1.62 bits per heavy atom.